The molecule has 0 spiro atoms. The zero-order valence-electron chi connectivity index (χ0n) is 2.34. The van der Waals surface area contributed by atoms with Crippen LogP contribution >= 0.6 is 34.8 Å². The molecule has 0 N–H and O–H groups in total. The van der Waals surface area contributed by atoms with Gasteiger partial charge in [-0.05, 0) is 6.92 Å². The van der Waals surface area contributed by atoms with Crippen molar-refractivity contribution >= 4 is 52.2 Å². The first-order valence-corrected chi connectivity index (χ1v) is 2.05. The van der Waals surface area contributed by atoms with Crippen molar-refractivity contribution in [3.8, 4) is 0 Å². The van der Waals surface area contributed by atoms with Crippen LogP contribution in [-0.4, -0.2) is 21.2 Å². The summed E-state index contributed by atoms with van der Waals surface area (Å²) in [6.07, 6.45) is 0. The van der Waals surface area contributed by atoms with Crippen LogP contribution in [-0.2, 0) is 0 Å². The zero-order valence-corrected chi connectivity index (χ0v) is 4.61. The molecule has 0 nitrogen and oxygen atoms in total. The summed E-state index contributed by atoms with van der Waals surface area (Å²) >= 11 is 14.8. The van der Waals surface area contributed by atoms with Gasteiger partial charge >= 0.3 is 0 Å². The van der Waals surface area contributed by atoms with Crippen LogP contribution in [0.3, 0.4) is 0 Å². The fourth-order valence-electron chi connectivity index (χ4n) is 0. The second-order valence-corrected chi connectivity index (χ2v) is 3.13. The third kappa shape index (κ3) is 53.2. The maximum Gasteiger partial charge on any atom is 0.190 e. The third-order valence-electron chi connectivity index (χ3n) is 0. The predicted molar refractivity (Wildman–Crippen MR) is 35.6 cm³/mol. The van der Waals surface area contributed by atoms with Crippen LogP contribution in [0.2, 0.25) is 0 Å². The highest BCUT2D eigenvalue weighted by Crippen LogP contribution is 2.22. The van der Waals surface area contributed by atoms with Gasteiger partial charge in [-0.3, -0.25) is 0 Å². The smallest absolute Gasteiger partial charge is 0.0837 e. The Morgan fingerprint density at radius 2 is 1.17 bits per heavy atom. The number of hydrogen-bond donors (Lipinski definition) is 0. The van der Waals surface area contributed by atoms with Crippen molar-refractivity contribution in [3.05, 3.63) is 6.92 Å². The fourth-order valence-corrected chi connectivity index (χ4v) is 0. The number of halogens is 3. The van der Waals surface area contributed by atoms with Crippen LogP contribution in [0.1, 0.15) is 0 Å². The van der Waals surface area contributed by atoms with Crippen LogP contribution in [0.25, 0.3) is 0 Å². The Morgan fingerprint density at radius 3 is 1.17 bits per heavy atom. The van der Waals surface area contributed by atoms with Crippen LogP contribution in [0, 0.1) is 6.92 Å². The number of hydrogen-bond acceptors (Lipinski definition) is 0. The van der Waals surface area contributed by atoms with E-state index in [-0.39, 0.29) is 17.4 Å². The van der Waals surface area contributed by atoms with E-state index in [4.69, 9.17) is 34.8 Å². The van der Waals surface area contributed by atoms with E-state index in [0.29, 0.717) is 0 Å². The van der Waals surface area contributed by atoms with Gasteiger partial charge in [0.05, 0.1) is 0 Å². The Hall–Kier alpha value is 1.40. The van der Waals surface area contributed by atoms with Crippen LogP contribution in [0.4, 0.5) is 0 Å². The Labute approximate surface area is 62.9 Å². The first-order valence-electron chi connectivity index (χ1n) is 0.921. The molecule has 0 aromatic rings. The molecule has 37 valence electrons. The van der Waals surface area contributed by atoms with E-state index in [1.165, 1.54) is 0 Å². The molecule has 0 aromatic carbocycles. The van der Waals surface area contributed by atoms with E-state index in [9.17, 15) is 0 Å². The average Bonchev–Trinajstić information content (AvgIpc) is 0.722. The molecular weight excluding hydrogens is 157 g/mol. The second-order valence-electron chi connectivity index (χ2n) is 0.615. The van der Waals surface area contributed by atoms with Crippen molar-refractivity contribution in [2.75, 3.05) is 0 Å². The van der Waals surface area contributed by atoms with E-state index < -0.39 is 3.79 Å². The summed E-state index contributed by atoms with van der Waals surface area (Å²) in [5, 5.41) is 0. The minimum Gasteiger partial charge on any atom is -0.0837 e. The van der Waals surface area contributed by atoms with Crippen LogP contribution in [0.15, 0.2) is 0 Å². The molecule has 0 aromatic heterocycles. The highest BCUT2D eigenvalue weighted by atomic mass is 35.6. The molecule has 0 bridgehead atoms. The second kappa shape index (κ2) is 3.41. The summed E-state index contributed by atoms with van der Waals surface area (Å²) < 4.78 is -1.33. The van der Waals surface area contributed by atoms with Gasteiger partial charge < -0.3 is 0 Å². The van der Waals surface area contributed by atoms with Gasteiger partial charge in [-0.25, -0.2) is 0 Å². The molecule has 0 aliphatic rings. The van der Waals surface area contributed by atoms with Crippen molar-refractivity contribution in [2.24, 2.45) is 0 Å². The Kier molecular flexibility index (Phi) is 5.91. The molecule has 1 radical (unpaired) electrons. The normalized spacial score (nSPS) is 10.0. The van der Waals surface area contributed by atoms with Gasteiger partial charge in [0.1, 0.15) is 0 Å². The van der Waals surface area contributed by atoms with Gasteiger partial charge in [-0.1, -0.05) is 34.8 Å². The van der Waals surface area contributed by atoms with E-state index in [1.54, 1.807) is 0 Å². The highest BCUT2D eigenvalue weighted by Gasteiger charge is 2.07. The van der Waals surface area contributed by atoms with Crippen molar-refractivity contribution in [1.82, 2.24) is 0 Å². The lowest BCUT2D eigenvalue weighted by atomic mass is 10.9. The summed E-state index contributed by atoms with van der Waals surface area (Å²) in [6, 6.07) is 0. The lowest BCUT2D eigenvalue weighted by Crippen LogP contribution is -1.88. The molecule has 0 fully saturated rings. The van der Waals surface area contributed by atoms with E-state index in [2.05, 4.69) is 6.92 Å². The van der Waals surface area contributed by atoms with Crippen molar-refractivity contribution in [2.45, 2.75) is 3.79 Å². The van der Waals surface area contributed by atoms with Crippen LogP contribution in [0.5, 0.6) is 0 Å². The maximum atomic E-state index is 4.95. The van der Waals surface area contributed by atoms with Gasteiger partial charge in [-0.15, -0.1) is 0 Å². The molecule has 0 aliphatic carbocycles. The highest BCUT2D eigenvalue weighted by molar-refractivity contribution is 6.68. The van der Waals surface area contributed by atoms with Crippen LogP contribution < -0.4 is 0 Å². The predicted octanol–water partition coefficient (Wildman–Crippen LogP) is 1.01. The summed E-state index contributed by atoms with van der Waals surface area (Å²) in [5.74, 6) is 0. The zero-order chi connectivity index (χ0) is 4.50. The van der Waals surface area contributed by atoms with E-state index in [1.807, 2.05) is 0 Å². The standard InChI is InChI=1S/C2H2Cl3.Al.3H/c1-2(3,4)5;;;;/h1H2;;;;. The molecule has 0 rings (SSSR count). The van der Waals surface area contributed by atoms with Gasteiger partial charge in [-0.2, -0.15) is 0 Å². The summed E-state index contributed by atoms with van der Waals surface area (Å²) in [6.45, 7) is 3.07. The molecule has 0 saturated heterocycles. The van der Waals surface area contributed by atoms with Crippen molar-refractivity contribution < 1.29 is 0 Å². The molecule has 0 atom stereocenters. The lowest BCUT2D eigenvalue weighted by Gasteiger charge is -1.94. The van der Waals surface area contributed by atoms with Crippen molar-refractivity contribution in [1.29, 1.82) is 0 Å². The Balaban J connectivity index is 0. The van der Waals surface area contributed by atoms with Gasteiger partial charge in [0, 0.05) is 0 Å². The molecule has 0 heterocycles. The van der Waals surface area contributed by atoms with Gasteiger partial charge in [0.2, 0.25) is 0 Å². The molecule has 0 saturated carbocycles. The average molecular weight is 162 g/mol. The molecule has 0 unspecified atom stereocenters. The minimum absolute atomic E-state index is 0. The third-order valence-corrected chi connectivity index (χ3v) is 0. The van der Waals surface area contributed by atoms with E-state index in [0.717, 1.165) is 0 Å². The largest absolute Gasteiger partial charge is 0.190 e. The lowest BCUT2D eigenvalue weighted by molar-refractivity contribution is 1.48. The molecule has 4 heteroatoms. The van der Waals surface area contributed by atoms with E-state index >= 15 is 0 Å². The monoisotopic (exact) mass is 161 g/mol. The Bertz CT molecular complexity index is 24.3. The first-order chi connectivity index (χ1) is 2.00. The van der Waals surface area contributed by atoms with Gasteiger partial charge in [0.15, 0.2) is 21.2 Å². The van der Waals surface area contributed by atoms with Gasteiger partial charge in [0.25, 0.3) is 0 Å². The quantitative estimate of drug-likeness (QED) is 0.368. The summed E-state index contributed by atoms with van der Waals surface area (Å²) in [4.78, 5) is 0. The minimum atomic E-state index is -1.33. The van der Waals surface area contributed by atoms with Crippen molar-refractivity contribution in [3.63, 3.8) is 0 Å². The SMILES string of the molecule is [AlH3].[CH2]C(Cl)(Cl)Cl. The fraction of sp³-hybridized carbons (Fsp3) is 0.500. The molecule has 0 amide bonds. The molecule has 0 aliphatic heterocycles. The number of alkyl halides is 3. The topological polar surface area (TPSA) is 0 Å². The maximum absolute atomic E-state index is 4.95. The summed E-state index contributed by atoms with van der Waals surface area (Å²) in [5.41, 5.74) is 0. The summed E-state index contributed by atoms with van der Waals surface area (Å²) in [7, 11) is 0. The molecule has 6 heavy (non-hydrogen) atoms. The Morgan fingerprint density at radius 1 is 1.17 bits per heavy atom. The first kappa shape index (κ1) is 10.4. The number of rotatable bonds is 0. The molecular formula is C2H5AlCl3.